The summed E-state index contributed by atoms with van der Waals surface area (Å²) in [4.78, 5) is 11.2. The van der Waals surface area contributed by atoms with Gasteiger partial charge in [-0.05, 0) is 40.2 Å². The maximum Gasteiger partial charge on any atom is 0.159 e. The minimum atomic E-state index is 0.122. The summed E-state index contributed by atoms with van der Waals surface area (Å²) in [6.45, 7) is 10.4. The van der Waals surface area contributed by atoms with Crippen molar-refractivity contribution in [2.24, 2.45) is 0 Å². The highest BCUT2D eigenvalue weighted by Gasteiger charge is 2.06. The Hall–Kier alpha value is -1.05. The molecule has 0 fully saturated rings. The molecule has 0 saturated carbocycles. The van der Waals surface area contributed by atoms with Crippen molar-refractivity contribution < 1.29 is 4.79 Å². The van der Waals surface area contributed by atoms with Crippen molar-refractivity contribution in [3.05, 3.63) is 22.9 Å². The zero-order valence-corrected chi connectivity index (χ0v) is 9.19. The van der Waals surface area contributed by atoms with Crippen molar-refractivity contribution in [1.29, 1.82) is 0 Å². The van der Waals surface area contributed by atoms with E-state index < -0.39 is 0 Å². The Balaban J connectivity index is 4.83. The van der Waals surface area contributed by atoms with Crippen molar-refractivity contribution in [2.45, 2.75) is 34.6 Å². The summed E-state index contributed by atoms with van der Waals surface area (Å²) >= 11 is 0. The lowest BCUT2D eigenvalue weighted by atomic mass is 10.0. The molecule has 0 bridgehead atoms. The molecule has 0 radical (unpaired) electrons. The van der Waals surface area contributed by atoms with Gasteiger partial charge in [-0.1, -0.05) is 6.08 Å². The number of hydrogen-bond acceptors (Lipinski definition) is 2. The van der Waals surface area contributed by atoms with E-state index in [1.165, 1.54) is 0 Å². The molecule has 0 aliphatic heterocycles. The third-order valence-corrected chi connectivity index (χ3v) is 2.08. The van der Waals surface area contributed by atoms with E-state index in [1.54, 1.807) is 6.92 Å². The van der Waals surface area contributed by atoms with E-state index in [-0.39, 0.29) is 5.78 Å². The topological polar surface area (TPSA) is 29.1 Å². The van der Waals surface area contributed by atoms with Gasteiger partial charge in [0.2, 0.25) is 0 Å². The number of Topliss-reactive ketones (excluding diaryl/α,β-unsaturated/α-hetero) is 1. The van der Waals surface area contributed by atoms with Crippen molar-refractivity contribution >= 4 is 5.78 Å². The molecule has 0 aromatic carbocycles. The predicted molar refractivity (Wildman–Crippen MR) is 56.5 cm³/mol. The Bertz CT molecular complexity index is 249. The van der Waals surface area contributed by atoms with Crippen LogP contribution >= 0.6 is 0 Å². The van der Waals surface area contributed by atoms with Gasteiger partial charge in [0.1, 0.15) is 0 Å². The van der Waals surface area contributed by atoms with E-state index in [2.05, 4.69) is 5.32 Å². The Morgan fingerprint density at radius 3 is 2.15 bits per heavy atom. The molecule has 0 unspecified atom stereocenters. The fraction of sp³-hybridized carbons (Fsp3) is 0.545. The molecule has 13 heavy (non-hydrogen) atoms. The molecule has 1 N–H and O–H groups in total. The van der Waals surface area contributed by atoms with E-state index in [0.29, 0.717) is 0 Å². The van der Waals surface area contributed by atoms with Gasteiger partial charge in [0.15, 0.2) is 5.78 Å². The molecule has 2 nitrogen and oxygen atoms in total. The highest BCUT2D eigenvalue weighted by molar-refractivity contribution is 5.97. The summed E-state index contributed by atoms with van der Waals surface area (Å²) in [5, 5.41) is 3.20. The number of nitrogens with one attached hydrogen (secondary N) is 1. The second-order valence-electron chi connectivity index (χ2n) is 3.04. The van der Waals surface area contributed by atoms with Crippen LogP contribution < -0.4 is 5.32 Å². The van der Waals surface area contributed by atoms with Crippen LogP contribution in [0.15, 0.2) is 22.9 Å². The lowest BCUT2D eigenvalue weighted by Gasteiger charge is -2.10. The summed E-state index contributed by atoms with van der Waals surface area (Å²) < 4.78 is 0. The van der Waals surface area contributed by atoms with Crippen molar-refractivity contribution in [1.82, 2.24) is 5.32 Å². The minimum absolute atomic E-state index is 0.122. The number of hydrogen-bond donors (Lipinski definition) is 1. The van der Waals surface area contributed by atoms with Gasteiger partial charge in [-0.2, -0.15) is 0 Å². The maximum atomic E-state index is 11.2. The fourth-order valence-electron chi connectivity index (χ4n) is 1.28. The monoisotopic (exact) mass is 181 g/mol. The van der Waals surface area contributed by atoms with Gasteiger partial charge >= 0.3 is 0 Å². The summed E-state index contributed by atoms with van der Waals surface area (Å²) in [5.74, 6) is 0.122. The van der Waals surface area contributed by atoms with Crippen LogP contribution in [-0.4, -0.2) is 12.3 Å². The number of rotatable bonds is 4. The van der Waals surface area contributed by atoms with Gasteiger partial charge in [0.25, 0.3) is 0 Å². The Kier molecular flexibility index (Phi) is 5.12. The summed E-state index contributed by atoms with van der Waals surface area (Å²) in [6.07, 6.45) is 1.86. The second-order valence-corrected chi connectivity index (χ2v) is 3.04. The van der Waals surface area contributed by atoms with Crippen LogP contribution in [0.3, 0.4) is 0 Å². The molecular formula is C11H19NO. The molecule has 0 rings (SSSR count). The van der Waals surface area contributed by atoms with Crippen LogP contribution in [0.1, 0.15) is 34.6 Å². The van der Waals surface area contributed by atoms with Gasteiger partial charge in [0.05, 0.1) is 0 Å². The van der Waals surface area contributed by atoms with Gasteiger partial charge < -0.3 is 5.32 Å². The lowest BCUT2D eigenvalue weighted by Crippen LogP contribution is -2.13. The van der Waals surface area contributed by atoms with Crippen LogP contribution in [0.4, 0.5) is 0 Å². The van der Waals surface area contributed by atoms with Crippen molar-refractivity contribution in [2.75, 3.05) is 6.54 Å². The zero-order chi connectivity index (χ0) is 10.4. The average molecular weight is 181 g/mol. The normalized spacial score (nSPS) is 13.8. The molecule has 0 aliphatic carbocycles. The van der Waals surface area contributed by atoms with E-state index in [0.717, 1.165) is 23.4 Å². The zero-order valence-electron chi connectivity index (χ0n) is 9.19. The van der Waals surface area contributed by atoms with E-state index in [9.17, 15) is 4.79 Å². The molecule has 0 spiro atoms. The van der Waals surface area contributed by atoms with Crippen molar-refractivity contribution in [3.63, 3.8) is 0 Å². The van der Waals surface area contributed by atoms with Crippen LogP contribution in [0, 0.1) is 0 Å². The lowest BCUT2D eigenvalue weighted by molar-refractivity contribution is -0.113. The molecule has 0 amide bonds. The maximum absolute atomic E-state index is 11.2. The number of carbonyl (C=O) groups excluding carboxylic acids is 1. The molecule has 0 aromatic rings. The molecule has 0 atom stereocenters. The third-order valence-electron chi connectivity index (χ3n) is 2.08. The second kappa shape index (κ2) is 5.57. The number of allylic oxidation sites excluding steroid dienone is 4. The Morgan fingerprint density at radius 2 is 1.85 bits per heavy atom. The van der Waals surface area contributed by atoms with Crippen molar-refractivity contribution in [3.8, 4) is 0 Å². The molecule has 2 heteroatoms. The molecule has 74 valence electrons. The van der Waals surface area contributed by atoms with Gasteiger partial charge in [-0.15, -0.1) is 0 Å². The standard InChI is InChI=1S/C11H19NO/c1-6-11(10(5)13)8(3)9(4)12-7-2/h6,12H,7H2,1-5H3/b9-8-,11-6-. The van der Waals surface area contributed by atoms with Crippen LogP contribution in [0.25, 0.3) is 0 Å². The number of ketones is 1. The highest BCUT2D eigenvalue weighted by atomic mass is 16.1. The summed E-state index contributed by atoms with van der Waals surface area (Å²) in [7, 11) is 0. The van der Waals surface area contributed by atoms with E-state index in [1.807, 2.05) is 33.8 Å². The largest absolute Gasteiger partial charge is 0.389 e. The summed E-state index contributed by atoms with van der Waals surface area (Å²) in [5.41, 5.74) is 2.92. The van der Waals surface area contributed by atoms with E-state index in [4.69, 9.17) is 0 Å². The first kappa shape index (κ1) is 11.9. The predicted octanol–water partition coefficient (Wildman–Crippen LogP) is 2.43. The van der Waals surface area contributed by atoms with Crippen LogP contribution in [0.5, 0.6) is 0 Å². The third kappa shape index (κ3) is 3.45. The first-order chi connectivity index (χ1) is 6.04. The van der Waals surface area contributed by atoms with Gasteiger partial charge in [0, 0.05) is 17.8 Å². The Morgan fingerprint density at radius 1 is 1.31 bits per heavy atom. The number of carbonyl (C=O) groups is 1. The molecule has 0 saturated heterocycles. The molecule has 0 heterocycles. The fourth-order valence-corrected chi connectivity index (χ4v) is 1.28. The van der Waals surface area contributed by atoms with Gasteiger partial charge in [-0.3, -0.25) is 4.79 Å². The SMILES string of the molecule is C/C=C(C(C)=O)/C(C)=C(/C)NCC. The Labute approximate surface area is 80.7 Å². The molecule has 0 aromatic heterocycles. The smallest absolute Gasteiger partial charge is 0.159 e. The minimum Gasteiger partial charge on any atom is -0.389 e. The highest BCUT2D eigenvalue weighted by Crippen LogP contribution is 2.13. The van der Waals surface area contributed by atoms with Crippen LogP contribution in [-0.2, 0) is 4.79 Å². The first-order valence-corrected chi connectivity index (χ1v) is 4.63. The quantitative estimate of drug-likeness (QED) is 0.533. The van der Waals surface area contributed by atoms with Crippen LogP contribution in [0.2, 0.25) is 0 Å². The molecular weight excluding hydrogens is 162 g/mol. The average Bonchev–Trinajstić information content (AvgIpc) is 2.05. The first-order valence-electron chi connectivity index (χ1n) is 4.63. The molecule has 0 aliphatic rings. The van der Waals surface area contributed by atoms with E-state index >= 15 is 0 Å². The van der Waals surface area contributed by atoms with Gasteiger partial charge in [-0.25, -0.2) is 0 Å². The summed E-state index contributed by atoms with van der Waals surface area (Å²) in [6, 6.07) is 0.